The molecule has 3 aromatic carbocycles. The summed E-state index contributed by atoms with van der Waals surface area (Å²) in [6.07, 6.45) is 0.902. The van der Waals surface area contributed by atoms with Crippen molar-refractivity contribution >= 4 is 28.9 Å². The molecular weight excluding hydrogens is 430 g/mol. The summed E-state index contributed by atoms with van der Waals surface area (Å²) in [5, 5.41) is 13.7. The number of nitrogens with zero attached hydrogens (tertiary/aromatic N) is 3. The van der Waals surface area contributed by atoms with Crippen LogP contribution in [0.25, 0.3) is 0 Å². The molecular formula is C26H28N5O3+. The lowest BCUT2D eigenvalue weighted by atomic mass is 10.1. The maximum absolute atomic E-state index is 12.6. The summed E-state index contributed by atoms with van der Waals surface area (Å²) in [6, 6.07) is 21.2. The van der Waals surface area contributed by atoms with Crippen LogP contribution in [0.4, 0.5) is 17.1 Å². The molecule has 2 N–H and O–H groups in total. The number of carbonyl (C=O) groups is 2. The van der Waals surface area contributed by atoms with E-state index in [-0.39, 0.29) is 5.91 Å². The fourth-order valence-electron chi connectivity index (χ4n) is 3.00. The molecule has 0 radical (unpaired) electrons. The van der Waals surface area contributed by atoms with Gasteiger partial charge in [0.2, 0.25) is 10.0 Å². The average Bonchev–Trinajstić information content (AvgIpc) is 2.84. The molecule has 0 saturated heterocycles. The minimum atomic E-state index is -0.443. The van der Waals surface area contributed by atoms with Crippen molar-refractivity contribution in [2.45, 2.75) is 20.3 Å². The van der Waals surface area contributed by atoms with Gasteiger partial charge in [-0.2, -0.15) is 0 Å². The van der Waals surface area contributed by atoms with Crippen molar-refractivity contribution < 1.29 is 14.3 Å². The number of amides is 2. The van der Waals surface area contributed by atoms with Gasteiger partial charge in [-0.25, -0.2) is 0 Å². The zero-order valence-electron chi connectivity index (χ0n) is 19.5. The molecule has 3 aromatic rings. The highest BCUT2D eigenvalue weighted by molar-refractivity contribution is 6.04. The lowest BCUT2D eigenvalue weighted by Crippen LogP contribution is -2.12. The molecule has 0 aliphatic rings. The predicted octanol–water partition coefficient (Wildman–Crippen LogP) is 5.85. The average molecular weight is 459 g/mol. The summed E-state index contributed by atoms with van der Waals surface area (Å²) in [5.74, 6) is 0.470. The number of hydrogen-bond acceptors (Lipinski definition) is 5. The molecule has 0 saturated carbocycles. The van der Waals surface area contributed by atoms with E-state index in [4.69, 9.17) is 4.74 Å². The Balaban J connectivity index is 1.60. The van der Waals surface area contributed by atoms with Crippen molar-refractivity contribution in [1.29, 1.82) is 0 Å². The lowest BCUT2D eigenvalue weighted by Gasteiger charge is -2.10. The lowest BCUT2D eigenvalue weighted by molar-refractivity contribution is 0.0990. The molecule has 34 heavy (non-hydrogen) atoms. The molecule has 0 bridgehead atoms. The fraction of sp³-hybridized carbons (Fsp3) is 0.231. The Kier molecular flexibility index (Phi) is 8.66. The standard InChI is InChI=1S/C26H27N5O3/c1-18(2)14-15-27-31-30-26(33)19-10-12-21(13-11-19)28-22-7-5-8-23(17-22)29-25(32)20-6-4-9-24(16-20)34-3/h4-13,16-18H,14-15H2,1-3H3,(H-,28,29,32,33)/p+1. The zero-order valence-corrected chi connectivity index (χ0v) is 19.5. The Morgan fingerprint density at radius 1 is 0.912 bits per heavy atom. The van der Waals surface area contributed by atoms with E-state index in [0.29, 0.717) is 35.0 Å². The summed E-state index contributed by atoms with van der Waals surface area (Å²) in [4.78, 5) is 28.3. The van der Waals surface area contributed by atoms with E-state index < -0.39 is 5.91 Å². The van der Waals surface area contributed by atoms with Crippen molar-refractivity contribution in [2.75, 3.05) is 24.3 Å². The minimum Gasteiger partial charge on any atom is -0.497 e. The first-order valence-electron chi connectivity index (χ1n) is 11.0. The normalized spacial score (nSPS) is 10.2. The molecule has 8 heteroatoms. The second-order valence-corrected chi connectivity index (χ2v) is 8.01. The Morgan fingerprint density at radius 2 is 1.65 bits per heavy atom. The van der Waals surface area contributed by atoms with E-state index in [9.17, 15) is 9.59 Å². The van der Waals surface area contributed by atoms with Crippen LogP contribution in [0.15, 0.2) is 83.0 Å². The van der Waals surface area contributed by atoms with Crippen LogP contribution in [0.2, 0.25) is 0 Å². The number of carbonyl (C=O) groups excluding carboxylic acids is 2. The van der Waals surface area contributed by atoms with E-state index in [2.05, 4.69) is 39.6 Å². The largest absolute Gasteiger partial charge is 0.497 e. The third-order valence-electron chi connectivity index (χ3n) is 4.88. The minimum absolute atomic E-state index is 0.232. The number of nitrogens with one attached hydrogen (secondary N) is 2. The molecule has 8 nitrogen and oxygen atoms in total. The quantitative estimate of drug-likeness (QED) is 0.310. The van der Waals surface area contributed by atoms with Crippen molar-refractivity contribution in [2.24, 2.45) is 16.1 Å². The number of hydrogen-bond donors (Lipinski definition) is 2. The molecule has 0 spiro atoms. The van der Waals surface area contributed by atoms with Gasteiger partial charge in [-0.05, 0) is 73.0 Å². The van der Waals surface area contributed by atoms with E-state index >= 15 is 0 Å². The van der Waals surface area contributed by atoms with E-state index in [1.165, 1.54) is 0 Å². The van der Waals surface area contributed by atoms with Gasteiger partial charge in [0, 0.05) is 28.2 Å². The van der Waals surface area contributed by atoms with Crippen molar-refractivity contribution in [3.8, 4) is 5.75 Å². The molecule has 3 rings (SSSR count). The number of benzene rings is 3. The van der Waals surface area contributed by atoms with Crippen molar-refractivity contribution in [1.82, 2.24) is 4.91 Å². The first-order valence-corrected chi connectivity index (χ1v) is 11.0. The smallest absolute Gasteiger partial charge is 0.360 e. The van der Waals surface area contributed by atoms with E-state index in [1.54, 1.807) is 55.6 Å². The van der Waals surface area contributed by atoms with Gasteiger partial charge < -0.3 is 15.4 Å². The Morgan fingerprint density at radius 3 is 2.38 bits per heavy atom. The van der Waals surface area contributed by atoms with Crippen LogP contribution in [0.3, 0.4) is 0 Å². The van der Waals surface area contributed by atoms with Crippen molar-refractivity contribution in [3.63, 3.8) is 0 Å². The molecule has 0 aliphatic heterocycles. The van der Waals surface area contributed by atoms with E-state index in [0.717, 1.165) is 17.8 Å². The summed E-state index contributed by atoms with van der Waals surface area (Å²) < 4.78 is 5.17. The molecule has 0 aliphatic carbocycles. The second-order valence-electron chi connectivity index (χ2n) is 8.01. The van der Waals surface area contributed by atoms with Gasteiger partial charge in [0.25, 0.3) is 5.91 Å². The van der Waals surface area contributed by atoms with Gasteiger partial charge in [-0.3, -0.25) is 9.59 Å². The number of anilines is 3. The van der Waals surface area contributed by atoms with Crippen LogP contribution in [-0.2, 0) is 0 Å². The first kappa shape index (κ1) is 24.4. The Labute approximate surface area is 198 Å². The Bertz CT molecular complexity index is 1200. The maximum atomic E-state index is 12.6. The van der Waals surface area contributed by atoms with Crippen LogP contribution in [0.5, 0.6) is 5.75 Å². The highest BCUT2D eigenvalue weighted by atomic mass is 16.5. The molecule has 0 heterocycles. The third kappa shape index (κ3) is 7.39. The molecule has 0 aromatic heterocycles. The van der Waals surface area contributed by atoms with Gasteiger partial charge in [-0.15, -0.1) is 0 Å². The topological polar surface area (TPSA) is 106 Å². The maximum Gasteiger partial charge on any atom is 0.360 e. The SMILES string of the molecule is COc1cccc(C(=O)Nc2cccc(Nc3ccc(C(=O)N=[N+]=NCCC(C)C)cc3)c2)c1. The van der Waals surface area contributed by atoms with Gasteiger partial charge >= 0.3 is 5.91 Å². The van der Waals surface area contributed by atoms with Crippen LogP contribution >= 0.6 is 0 Å². The number of methoxy groups -OCH3 is 1. The molecule has 0 atom stereocenters. The highest BCUT2D eigenvalue weighted by Crippen LogP contribution is 2.22. The Hall–Kier alpha value is -4.29. The zero-order chi connectivity index (χ0) is 24.3. The summed E-state index contributed by atoms with van der Waals surface area (Å²) in [7, 11) is 1.56. The monoisotopic (exact) mass is 458 g/mol. The first-order chi connectivity index (χ1) is 16.4. The second kappa shape index (κ2) is 12.1. The number of ether oxygens (including phenoxy) is 1. The van der Waals surface area contributed by atoms with E-state index in [1.807, 2.05) is 24.3 Å². The van der Waals surface area contributed by atoms with Crippen molar-refractivity contribution in [3.05, 3.63) is 83.9 Å². The van der Waals surface area contributed by atoms with Gasteiger partial charge in [0.05, 0.1) is 7.11 Å². The summed E-state index contributed by atoms with van der Waals surface area (Å²) >= 11 is 0. The van der Waals surface area contributed by atoms with Gasteiger partial charge in [-0.1, -0.05) is 26.0 Å². The summed E-state index contributed by atoms with van der Waals surface area (Å²) in [5.41, 5.74) is 3.14. The van der Waals surface area contributed by atoms with Gasteiger partial charge in [0.15, 0.2) is 0 Å². The van der Waals surface area contributed by atoms with Crippen LogP contribution in [0, 0.1) is 5.92 Å². The fourth-order valence-corrected chi connectivity index (χ4v) is 3.00. The molecule has 2 amide bonds. The highest BCUT2D eigenvalue weighted by Gasteiger charge is 2.10. The number of rotatable bonds is 9. The van der Waals surface area contributed by atoms with Crippen LogP contribution in [-0.4, -0.2) is 25.5 Å². The van der Waals surface area contributed by atoms with Crippen LogP contribution < -0.4 is 20.3 Å². The summed E-state index contributed by atoms with van der Waals surface area (Å²) in [6.45, 7) is 4.75. The van der Waals surface area contributed by atoms with Crippen LogP contribution in [0.1, 0.15) is 41.0 Å². The third-order valence-corrected chi connectivity index (χ3v) is 4.88. The van der Waals surface area contributed by atoms with Gasteiger partial charge in [0.1, 0.15) is 17.4 Å². The molecule has 0 unspecified atom stereocenters. The molecule has 0 fully saturated rings. The molecule has 174 valence electrons. The predicted molar refractivity (Wildman–Crippen MR) is 133 cm³/mol.